The van der Waals surface area contributed by atoms with E-state index in [4.69, 9.17) is 4.74 Å². The first-order valence-electron chi connectivity index (χ1n) is 8.77. The molecule has 0 saturated carbocycles. The zero-order valence-corrected chi connectivity index (χ0v) is 16.8. The van der Waals surface area contributed by atoms with Crippen LogP contribution >= 0.6 is 11.3 Å². The lowest BCUT2D eigenvalue weighted by Gasteiger charge is -2.11. The van der Waals surface area contributed by atoms with Crippen LogP contribution in [0.2, 0.25) is 0 Å². The van der Waals surface area contributed by atoms with Crippen LogP contribution < -0.4 is 15.7 Å². The molecule has 3 heterocycles. The molecule has 0 saturated heterocycles. The van der Waals surface area contributed by atoms with Crippen LogP contribution in [0.5, 0.6) is 5.75 Å². The van der Waals surface area contributed by atoms with Crippen molar-refractivity contribution in [1.29, 1.82) is 0 Å². The molecule has 0 aliphatic rings. The van der Waals surface area contributed by atoms with Crippen LogP contribution in [0.15, 0.2) is 21.9 Å². The average molecular weight is 403 g/mol. The lowest BCUT2D eigenvalue weighted by molar-refractivity contribution is 0.0701. The third-order valence-electron chi connectivity index (χ3n) is 4.27. The molecule has 9 heteroatoms. The minimum absolute atomic E-state index is 0.108. The van der Waals surface area contributed by atoms with Crippen molar-refractivity contribution in [1.82, 2.24) is 14.5 Å². The van der Waals surface area contributed by atoms with Crippen molar-refractivity contribution >= 4 is 27.5 Å². The molecule has 28 heavy (non-hydrogen) atoms. The van der Waals surface area contributed by atoms with E-state index in [1.54, 1.807) is 13.8 Å². The van der Waals surface area contributed by atoms with Crippen LogP contribution in [0.4, 0.5) is 0 Å². The second-order valence-corrected chi connectivity index (χ2v) is 7.98. The molecule has 8 nitrogen and oxygen atoms in total. The number of fused-ring (bicyclic) bond motifs is 1. The van der Waals surface area contributed by atoms with E-state index in [9.17, 15) is 19.5 Å². The van der Waals surface area contributed by atoms with Crippen LogP contribution in [0, 0.1) is 19.8 Å². The summed E-state index contributed by atoms with van der Waals surface area (Å²) in [5.41, 5.74) is 0.336. The summed E-state index contributed by atoms with van der Waals surface area (Å²) in [4.78, 5) is 44.4. The van der Waals surface area contributed by atoms with Crippen LogP contribution in [0.25, 0.3) is 10.2 Å². The standard InChI is InChI=1S/C19H21N3O5S/c1-9(2)8-27-14-6-20-12(5-13(14)23)7-22-11(4)21-17-15(18(22)24)10(3)16(28-17)19(25)26/h5-6,9H,7-8H2,1-4H3,(H,20,23)(H,25,26). The molecular weight excluding hydrogens is 382 g/mol. The van der Waals surface area contributed by atoms with Gasteiger partial charge in [0.1, 0.15) is 15.5 Å². The fraction of sp³-hybridized carbons (Fsp3) is 0.368. The highest BCUT2D eigenvalue weighted by atomic mass is 32.1. The van der Waals surface area contributed by atoms with Crippen molar-refractivity contribution in [3.63, 3.8) is 0 Å². The number of pyridine rings is 1. The van der Waals surface area contributed by atoms with Gasteiger partial charge in [-0.05, 0) is 25.3 Å². The predicted octanol–water partition coefficient (Wildman–Crippen LogP) is 2.54. The Balaban J connectivity index is 2.00. The number of carboxylic acid groups (broad SMARTS) is 1. The van der Waals surface area contributed by atoms with Gasteiger partial charge in [-0.2, -0.15) is 0 Å². The molecule has 3 aromatic rings. The molecule has 0 spiro atoms. The largest absolute Gasteiger partial charge is 0.488 e. The molecule has 0 atom stereocenters. The number of thiophene rings is 1. The Morgan fingerprint density at radius 3 is 2.68 bits per heavy atom. The number of hydrogen-bond acceptors (Lipinski definition) is 6. The smallest absolute Gasteiger partial charge is 0.346 e. The minimum Gasteiger partial charge on any atom is -0.488 e. The average Bonchev–Trinajstić information content (AvgIpc) is 2.94. The van der Waals surface area contributed by atoms with E-state index < -0.39 is 5.97 Å². The molecule has 0 unspecified atom stereocenters. The van der Waals surface area contributed by atoms with E-state index in [1.807, 2.05) is 13.8 Å². The highest BCUT2D eigenvalue weighted by Crippen LogP contribution is 2.27. The number of nitrogens with one attached hydrogen (secondary N) is 1. The molecule has 0 aliphatic carbocycles. The summed E-state index contributed by atoms with van der Waals surface area (Å²) in [6, 6.07) is 1.40. The van der Waals surface area contributed by atoms with E-state index in [0.717, 1.165) is 11.3 Å². The fourth-order valence-electron chi connectivity index (χ4n) is 2.84. The van der Waals surface area contributed by atoms with E-state index in [0.29, 0.717) is 39.8 Å². The number of hydrogen-bond donors (Lipinski definition) is 2. The van der Waals surface area contributed by atoms with Gasteiger partial charge in [-0.1, -0.05) is 13.8 Å². The van der Waals surface area contributed by atoms with E-state index in [1.165, 1.54) is 16.8 Å². The third kappa shape index (κ3) is 3.70. The zero-order valence-electron chi connectivity index (χ0n) is 16.0. The number of H-pyrrole nitrogens is 1. The topological polar surface area (TPSA) is 114 Å². The lowest BCUT2D eigenvalue weighted by atomic mass is 10.2. The highest BCUT2D eigenvalue weighted by molar-refractivity contribution is 7.20. The number of aromatic amines is 1. The maximum atomic E-state index is 13.0. The molecule has 0 aliphatic heterocycles. The number of ether oxygens (including phenoxy) is 1. The Kier molecular flexibility index (Phi) is 5.37. The normalized spacial score (nSPS) is 11.3. The van der Waals surface area contributed by atoms with Gasteiger partial charge < -0.3 is 14.8 Å². The second-order valence-electron chi connectivity index (χ2n) is 6.98. The summed E-state index contributed by atoms with van der Waals surface area (Å²) in [5, 5.41) is 9.59. The minimum atomic E-state index is -1.08. The number of rotatable bonds is 6. The van der Waals surface area contributed by atoms with Crippen molar-refractivity contribution in [3.8, 4) is 5.75 Å². The van der Waals surface area contributed by atoms with Crippen molar-refractivity contribution in [2.75, 3.05) is 6.61 Å². The van der Waals surface area contributed by atoms with Crippen LogP contribution in [0.1, 0.15) is 40.6 Å². The molecule has 3 aromatic heterocycles. The molecular formula is C19H21N3O5S. The summed E-state index contributed by atoms with van der Waals surface area (Å²) in [6.07, 6.45) is 1.49. The lowest BCUT2D eigenvalue weighted by Crippen LogP contribution is -2.25. The number of nitrogens with zero attached hydrogens (tertiary/aromatic N) is 2. The number of carboxylic acids is 1. The fourth-order valence-corrected chi connectivity index (χ4v) is 3.90. The number of aromatic carboxylic acids is 1. The number of aromatic nitrogens is 3. The molecule has 0 radical (unpaired) electrons. The summed E-state index contributed by atoms with van der Waals surface area (Å²) in [6.45, 7) is 7.81. The Morgan fingerprint density at radius 1 is 1.36 bits per heavy atom. The maximum absolute atomic E-state index is 13.0. The van der Waals surface area contributed by atoms with E-state index in [2.05, 4.69) is 9.97 Å². The molecule has 0 amide bonds. The zero-order chi connectivity index (χ0) is 20.6. The first kappa shape index (κ1) is 19.8. The van der Waals surface area contributed by atoms with Crippen molar-refractivity contribution in [2.24, 2.45) is 5.92 Å². The van der Waals surface area contributed by atoms with Gasteiger partial charge in [0.25, 0.3) is 5.56 Å². The summed E-state index contributed by atoms with van der Waals surface area (Å²) < 4.78 is 6.89. The van der Waals surface area contributed by atoms with Crippen LogP contribution in [0.3, 0.4) is 0 Å². The summed E-state index contributed by atoms with van der Waals surface area (Å²) >= 11 is 0.989. The molecule has 3 rings (SSSR count). The monoisotopic (exact) mass is 403 g/mol. The molecule has 0 aromatic carbocycles. The second kappa shape index (κ2) is 7.59. The quantitative estimate of drug-likeness (QED) is 0.654. The van der Waals surface area contributed by atoms with Gasteiger partial charge in [-0.25, -0.2) is 9.78 Å². The first-order chi connectivity index (χ1) is 13.2. The first-order valence-corrected chi connectivity index (χ1v) is 9.59. The van der Waals surface area contributed by atoms with Gasteiger partial charge in [0, 0.05) is 18.0 Å². The molecule has 0 bridgehead atoms. The van der Waals surface area contributed by atoms with Crippen molar-refractivity contribution in [2.45, 2.75) is 34.2 Å². The van der Waals surface area contributed by atoms with Gasteiger partial charge in [0.2, 0.25) is 5.43 Å². The predicted molar refractivity (Wildman–Crippen MR) is 107 cm³/mol. The summed E-state index contributed by atoms with van der Waals surface area (Å²) in [5.74, 6) is -0.111. The van der Waals surface area contributed by atoms with E-state index >= 15 is 0 Å². The third-order valence-corrected chi connectivity index (χ3v) is 5.45. The van der Waals surface area contributed by atoms with Gasteiger partial charge in [0.15, 0.2) is 5.75 Å². The van der Waals surface area contributed by atoms with E-state index in [-0.39, 0.29) is 28.2 Å². The summed E-state index contributed by atoms with van der Waals surface area (Å²) in [7, 11) is 0. The van der Waals surface area contributed by atoms with Crippen molar-refractivity contribution in [3.05, 3.63) is 54.8 Å². The molecule has 2 N–H and O–H groups in total. The van der Waals surface area contributed by atoms with Crippen molar-refractivity contribution < 1.29 is 14.6 Å². The van der Waals surface area contributed by atoms with Gasteiger partial charge in [0.05, 0.1) is 18.5 Å². The SMILES string of the molecule is Cc1c(C(=O)O)sc2nc(C)n(Cc3cc(=O)c(OCC(C)C)c[nH]3)c(=O)c12. The van der Waals surface area contributed by atoms with Gasteiger partial charge in [-0.3, -0.25) is 14.2 Å². The van der Waals surface area contributed by atoms with Gasteiger partial charge >= 0.3 is 5.97 Å². The van der Waals surface area contributed by atoms with Crippen LogP contribution in [-0.4, -0.2) is 32.2 Å². The Morgan fingerprint density at radius 2 is 2.07 bits per heavy atom. The molecule has 0 fully saturated rings. The Labute approximate surface area is 164 Å². The van der Waals surface area contributed by atoms with Crippen LogP contribution in [-0.2, 0) is 6.54 Å². The Hall–Kier alpha value is -2.94. The maximum Gasteiger partial charge on any atom is 0.346 e. The molecule has 148 valence electrons. The number of carbonyl (C=O) groups is 1. The number of aryl methyl sites for hydroxylation is 2. The van der Waals surface area contributed by atoms with Gasteiger partial charge in [-0.15, -0.1) is 11.3 Å². The Bertz CT molecular complexity index is 1170. The highest BCUT2D eigenvalue weighted by Gasteiger charge is 2.20.